The molecule has 0 aliphatic carbocycles. The van der Waals surface area contributed by atoms with Crippen molar-refractivity contribution in [2.24, 2.45) is 0 Å². The smallest absolute Gasteiger partial charge is 0.0626 e. The van der Waals surface area contributed by atoms with Crippen LogP contribution in [0.1, 0.15) is 47.0 Å². The highest BCUT2D eigenvalue weighted by Gasteiger charge is 2.20. The van der Waals surface area contributed by atoms with Gasteiger partial charge >= 0.3 is 0 Å². The van der Waals surface area contributed by atoms with Crippen LogP contribution in [-0.2, 0) is 4.74 Å². The summed E-state index contributed by atoms with van der Waals surface area (Å²) in [5.74, 6) is 0. The van der Waals surface area contributed by atoms with Gasteiger partial charge in [0.05, 0.1) is 5.60 Å². The van der Waals surface area contributed by atoms with Gasteiger partial charge in [0.15, 0.2) is 0 Å². The summed E-state index contributed by atoms with van der Waals surface area (Å²) in [6, 6.07) is 0. The molecule has 0 aromatic rings. The van der Waals surface area contributed by atoms with Gasteiger partial charge in [-0.3, -0.25) is 0 Å². The van der Waals surface area contributed by atoms with Crippen LogP contribution in [0.2, 0.25) is 0 Å². The van der Waals surface area contributed by atoms with Crippen molar-refractivity contribution < 1.29 is 4.74 Å². The second kappa shape index (κ2) is 4.73. The van der Waals surface area contributed by atoms with Crippen molar-refractivity contribution in [1.82, 2.24) is 0 Å². The third-order valence-corrected chi connectivity index (χ3v) is 1.67. The van der Waals surface area contributed by atoms with E-state index in [9.17, 15) is 0 Å². The molecule has 1 rings (SSSR count). The van der Waals surface area contributed by atoms with Gasteiger partial charge in [-0.05, 0) is 33.1 Å². The normalized spacial score (nSPS) is 22.8. The lowest BCUT2D eigenvalue weighted by atomic mass is 9.99. The third-order valence-electron chi connectivity index (χ3n) is 1.67. The summed E-state index contributed by atoms with van der Waals surface area (Å²) in [5.41, 5.74) is 0.179. The number of ether oxygens (including phenoxy) is 1. The largest absolute Gasteiger partial charge is 0.376 e. The summed E-state index contributed by atoms with van der Waals surface area (Å²) < 4.78 is 5.47. The van der Waals surface area contributed by atoms with Crippen molar-refractivity contribution in [3.8, 4) is 0 Å². The lowest BCUT2D eigenvalue weighted by Crippen LogP contribution is -2.28. The Hall–Kier alpha value is -0.0400. The molecule has 1 fully saturated rings. The molecule has 1 heteroatoms. The van der Waals surface area contributed by atoms with Gasteiger partial charge in [0.1, 0.15) is 0 Å². The molecule has 1 saturated heterocycles. The fourth-order valence-electron chi connectivity index (χ4n) is 1.07. The zero-order valence-corrected chi connectivity index (χ0v) is 7.74. The van der Waals surface area contributed by atoms with E-state index < -0.39 is 0 Å². The molecule has 0 atom stereocenters. The average Bonchev–Trinajstić information content (AvgIpc) is 1.92. The van der Waals surface area contributed by atoms with Crippen LogP contribution in [0.15, 0.2) is 0 Å². The first-order valence-electron chi connectivity index (χ1n) is 4.35. The molecular formula is C9H20O. The topological polar surface area (TPSA) is 9.23 Å². The predicted octanol–water partition coefficient (Wildman–Crippen LogP) is 2.99. The van der Waals surface area contributed by atoms with Crippen molar-refractivity contribution in [3.05, 3.63) is 0 Å². The van der Waals surface area contributed by atoms with Crippen LogP contribution in [0.25, 0.3) is 0 Å². The quantitative estimate of drug-likeness (QED) is 0.508. The number of rotatable bonds is 0. The molecule has 62 valence electrons. The Morgan fingerprint density at radius 2 is 1.70 bits per heavy atom. The Balaban J connectivity index is 0.000000371. The van der Waals surface area contributed by atoms with Crippen LogP contribution < -0.4 is 0 Å². The van der Waals surface area contributed by atoms with E-state index in [2.05, 4.69) is 13.8 Å². The molecule has 1 heterocycles. The molecule has 1 aliphatic heterocycles. The van der Waals surface area contributed by atoms with Gasteiger partial charge in [-0.2, -0.15) is 0 Å². The summed E-state index contributed by atoms with van der Waals surface area (Å²) in [4.78, 5) is 0. The van der Waals surface area contributed by atoms with Gasteiger partial charge in [-0.15, -0.1) is 0 Å². The Morgan fingerprint density at radius 3 is 1.90 bits per heavy atom. The zero-order chi connectivity index (χ0) is 8.04. The average molecular weight is 144 g/mol. The van der Waals surface area contributed by atoms with Gasteiger partial charge in [0, 0.05) is 6.61 Å². The molecule has 0 aromatic carbocycles. The molecule has 0 aromatic heterocycles. The van der Waals surface area contributed by atoms with Gasteiger partial charge in [-0.25, -0.2) is 0 Å². The van der Waals surface area contributed by atoms with Crippen LogP contribution in [0.4, 0.5) is 0 Å². The van der Waals surface area contributed by atoms with E-state index in [0.717, 1.165) is 6.61 Å². The minimum absolute atomic E-state index is 0.179. The first-order valence-corrected chi connectivity index (χ1v) is 4.35. The van der Waals surface area contributed by atoms with Crippen LogP contribution in [0.3, 0.4) is 0 Å². The van der Waals surface area contributed by atoms with E-state index in [0.29, 0.717) is 0 Å². The van der Waals surface area contributed by atoms with E-state index >= 15 is 0 Å². The predicted molar refractivity (Wildman–Crippen MR) is 45.2 cm³/mol. The first-order chi connectivity index (χ1) is 4.71. The molecule has 1 aliphatic rings. The Kier molecular flexibility index (Phi) is 4.71. The summed E-state index contributed by atoms with van der Waals surface area (Å²) in [6.45, 7) is 9.28. The number of hydrogen-bond donors (Lipinski definition) is 0. The summed E-state index contributed by atoms with van der Waals surface area (Å²) in [6.07, 6.45) is 3.82. The maximum Gasteiger partial charge on any atom is 0.0626 e. The SMILES string of the molecule is CC.CC1(C)CCCCO1. The van der Waals surface area contributed by atoms with Crippen molar-refractivity contribution >= 4 is 0 Å². The van der Waals surface area contributed by atoms with Crippen LogP contribution >= 0.6 is 0 Å². The monoisotopic (exact) mass is 144 g/mol. The molecule has 0 spiro atoms. The Morgan fingerprint density at radius 1 is 1.10 bits per heavy atom. The minimum atomic E-state index is 0.179. The highest BCUT2D eigenvalue weighted by molar-refractivity contribution is 4.71. The minimum Gasteiger partial charge on any atom is -0.376 e. The van der Waals surface area contributed by atoms with Crippen LogP contribution in [0.5, 0.6) is 0 Å². The summed E-state index contributed by atoms with van der Waals surface area (Å²) >= 11 is 0. The van der Waals surface area contributed by atoms with E-state index in [-0.39, 0.29) is 5.60 Å². The Labute approximate surface area is 64.8 Å². The van der Waals surface area contributed by atoms with Crippen molar-refractivity contribution in [2.75, 3.05) is 6.61 Å². The molecule has 1 nitrogen and oxygen atoms in total. The van der Waals surface area contributed by atoms with E-state index in [1.54, 1.807) is 0 Å². The first kappa shape index (κ1) is 9.96. The summed E-state index contributed by atoms with van der Waals surface area (Å²) in [5, 5.41) is 0. The molecular weight excluding hydrogens is 124 g/mol. The van der Waals surface area contributed by atoms with Crippen molar-refractivity contribution in [1.29, 1.82) is 0 Å². The highest BCUT2D eigenvalue weighted by atomic mass is 16.5. The van der Waals surface area contributed by atoms with Crippen LogP contribution in [-0.4, -0.2) is 12.2 Å². The molecule has 10 heavy (non-hydrogen) atoms. The van der Waals surface area contributed by atoms with Crippen LogP contribution in [0, 0.1) is 0 Å². The molecule has 0 radical (unpaired) electrons. The van der Waals surface area contributed by atoms with Gasteiger partial charge < -0.3 is 4.74 Å². The van der Waals surface area contributed by atoms with Gasteiger partial charge in [0.25, 0.3) is 0 Å². The molecule has 0 saturated carbocycles. The third kappa shape index (κ3) is 3.89. The van der Waals surface area contributed by atoms with Crippen molar-refractivity contribution in [2.45, 2.75) is 52.6 Å². The standard InChI is InChI=1S/C7H14O.C2H6/c1-7(2)5-3-4-6-8-7;1-2/h3-6H2,1-2H3;1-2H3. The number of hydrogen-bond acceptors (Lipinski definition) is 1. The van der Waals surface area contributed by atoms with Crippen molar-refractivity contribution in [3.63, 3.8) is 0 Å². The molecule has 0 unspecified atom stereocenters. The maximum atomic E-state index is 5.47. The fraction of sp³-hybridized carbons (Fsp3) is 1.00. The molecule has 0 N–H and O–H groups in total. The second-order valence-corrected chi connectivity index (χ2v) is 3.07. The maximum absolute atomic E-state index is 5.47. The fourth-order valence-corrected chi connectivity index (χ4v) is 1.07. The second-order valence-electron chi connectivity index (χ2n) is 3.07. The highest BCUT2D eigenvalue weighted by Crippen LogP contribution is 2.22. The zero-order valence-electron chi connectivity index (χ0n) is 7.74. The van der Waals surface area contributed by atoms with Gasteiger partial charge in [0.2, 0.25) is 0 Å². The van der Waals surface area contributed by atoms with Gasteiger partial charge in [-0.1, -0.05) is 13.8 Å². The lowest BCUT2D eigenvalue weighted by molar-refractivity contribution is -0.0511. The van der Waals surface area contributed by atoms with E-state index in [4.69, 9.17) is 4.74 Å². The lowest BCUT2D eigenvalue weighted by Gasteiger charge is -2.29. The molecule has 0 amide bonds. The Bertz CT molecular complexity index is 68.8. The van der Waals surface area contributed by atoms with E-state index in [1.807, 2.05) is 13.8 Å². The summed E-state index contributed by atoms with van der Waals surface area (Å²) in [7, 11) is 0. The van der Waals surface area contributed by atoms with E-state index in [1.165, 1.54) is 19.3 Å². The molecule has 0 bridgehead atoms.